The fourth-order valence-corrected chi connectivity index (χ4v) is 7.10. The molecule has 1 aromatic heterocycles. The van der Waals surface area contributed by atoms with Crippen molar-refractivity contribution in [3.05, 3.63) is 53.1 Å². The number of halogens is 1. The zero-order chi connectivity index (χ0) is 25.9. The second-order valence-corrected chi connectivity index (χ2v) is 12.6. The molecule has 0 unspecified atom stereocenters. The highest BCUT2D eigenvalue weighted by atomic mass is 35.5. The van der Waals surface area contributed by atoms with Crippen LogP contribution in [0.1, 0.15) is 44.0 Å². The number of rotatable bonds is 9. The van der Waals surface area contributed by atoms with Gasteiger partial charge in [-0.05, 0) is 74.3 Å². The molecule has 194 valence electrons. The van der Waals surface area contributed by atoms with Crippen LogP contribution in [-0.2, 0) is 10.0 Å². The number of hydrogen-bond donors (Lipinski definition) is 0. The molecule has 0 N–H and O–H groups in total. The zero-order valence-electron chi connectivity index (χ0n) is 21.0. The molecule has 2 heterocycles. The van der Waals surface area contributed by atoms with Crippen molar-refractivity contribution in [2.24, 2.45) is 5.92 Å². The maximum atomic E-state index is 13.7. The van der Waals surface area contributed by atoms with Gasteiger partial charge in [0.05, 0.1) is 15.1 Å². The fraction of sp³-hybridized carbons (Fsp3) is 0.462. The maximum Gasteiger partial charge on any atom is 0.260 e. The Morgan fingerprint density at radius 2 is 1.75 bits per heavy atom. The summed E-state index contributed by atoms with van der Waals surface area (Å²) in [6, 6.07) is 11.8. The van der Waals surface area contributed by atoms with Crippen LogP contribution in [0.15, 0.2) is 47.4 Å². The van der Waals surface area contributed by atoms with E-state index in [0.29, 0.717) is 47.8 Å². The van der Waals surface area contributed by atoms with Crippen LogP contribution < -0.4 is 4.90 Å². The van der Waals surface area contributed by atoms with Crippen molar-refractivity contribution < 1.29 is 13.2 Å². The molecule has 7 nitrogen and oxygen atoms in total. The summed E-state index contributed by atoms with van der Waals surface area (Å²) in [4.78, 5) is 22.5. The van der Waals surface area contributed by atoms with Crippen molar-refractivity contribution in [2.75, 3.05) is 44.2 Å². The van der Waals surface area contributed by atoms with Gasteiger partial charge in [0.25, 0.3) is 5.91 Å². The fourth-order valence-electron chi connectivity index (χ4n) is 4.37. The molecule has 0 aliphatic carbocycles. The van der Waals surface area contributed by atoms with Gasteiger partial charge in [-0.15, -0.1) is 0 Å². The normalized spacial score (nSPS) is 15.6. The van der Waals surface area contributed by atoms with E-state index < -0.39 is 10.0 Å². The topological polar surface area (TPSA) is 73.8 Å². The van der Waals surface area contributed by atoms with Crippen LogP contribution in [0.2, 0.25) is 5.02 Å². The summed E-state index contributed by atoms with van der Waals surface area (Å²) in [5.41, 5.74) is 1.22. The molecule has 2 aromatic carbocycles. The Hall–Kier alpha value is -2.04. The lowest BCUT2D eigenvalue weighted by Crippen LogP contribution is -2.39. The number of nitrogens with zero attached hydrogens (tertiary/aromatic N) is 4. The number of piperidine rings is 1. The van der Waals surface area contributed by atoms with Crippen molar-refractivity contribution >= 4 is 54.2 Å². The first-order chi connectivity index (χ1) is 17.2. The van der Waals surface area contributed by atoms with E-state index in [1.165, 1.54) is 11.3 Å². The number of aromatic nitrogens is 1. The highest BCUT2D eigenvalue weighted by Gasteiger charge is 2.29. The molecule has 0 bridgehead atoms. The van der Waals surface area contributed by atoms with E-state index in [-0.39, 0.29) is 10.8 Å². The van der Waals surface area contributed by atoms with Gasteiger partial charge < -0.3 is 4.90 Å². The quantitative estimate of drug-likeness (QED) is 0.360. The van der Waals surface area contributed by atoms with Gasteiger partial charge in [0, 0.05) is 36.8 Å². The summed E-state index contributed by atoms with van der Waals surface area (Å²) < 4.78 is 28.7. The van der Waals surface area contributed by atoms with Crippen LogP contribution in [0.3, 0.4) is 0 Å². The van der Waals surface area contributed by atoms with Crippen molar-refractivity contribution in [2.45, 2.75) is 38.5 Å². The van der Waals surface area contributed by atoms with E-state index in [1.54, 1.807) is 39.5 Å². The predicted molar refractivity (Wildman–Crippen MR) is 148 cm³/mol. The van der Waals surface area contributed by atoms with Gasteiger partial charge in [0.15, 0.2) is 5.13 Å². The number of amides is 1. The molecule has 36 heavy (non-hydrogen) atoms. The van der Waals surface area contributed by atoms with Gasteiger partial charge in [0.1, 0.15) is 0 Å². The van der Waals surface area contributed by atoms with Crippen molar-refractivity contribution in [3.8, 4) is 0 Å². The highest BCUT2D eigenvalue weighted by molar-refractivity contribution is 7.89. The summed E-state index contributed by atoms with van der Waals surface area (Å²) in [5, 5.41) is 1.22. The number of likely N-dealkylation sites (N-methyl/N-ethyl adjacent to an activating group) is 1. The van der Waals surface area contributed by atoms with Crippen LogP contribution in [0, 0.1) is 5.92 Å². The molecule has 0 saturated carbocycles. The first-order valence-corrected chi connectivity index (χ1v) is 15.1. The summed E-state index contributed by atoms with van der Waals surface area (Å²) in [6.45, 7) is 10.3. The second kappa shape index (κ2) is 11.6. The Bertz CT molecular complexity index is 1300. The summed E-state index contributed by atoms with van der Waals surface area (Å²) in [7, 11) is -3.57. The van der Waals surface area contributed by atoms with E-state index in [2.05, 4.69) is 25.7 Å². The second-order valence-electron chi connectivity index (χ2n) is 9.20. The lowest BCUT2D eigenvalue weighted by atomic mass is 10.0. The number of carbonyl (C=O) groups excluding carboxylic acids is 1. The minimum atomic E-state index is -3.57. The maximum absolute atomic E-state index is 13.7. The molecule has 0 atom stereocenters. The van der Waals surface area contributed by atoms with E-state index in [9.17, 15) is 13.2 Å². The number of benzene rings is 2. The molecule has 0 radical (unpaired) electrons. The van der Waals surface area contributed by atoms with E-state index in [4.69, 9.17) is 16.6 Å². The lowest BCUT2D eigenvalue weighted by molar-refractivity contribution is 0.0983. The molecule has 1 amide bonds. The Morgan fingerprint density at radius 1 is 1.08 bits per heavy atom. The van der Waals surface area contributed by atoms with Gasteiger partial charge >= 0.3 is 0 Å². The van der Waals surface area contributed by atoms with Gasteiger partial charge in [-0.25, -0.2) is 13.4 Å². The Morgan fingerprint density at radius 3 is 2.39 bits per heavy atom. The smallest absolute Gasteiger partial charge is 0.260 e. The number of thiazole rings is 1. The number of carbonyl (C=O) groups is 1. The summed E-state index contributed by atoms with van der Waals surface area (Å²) in [6.07, 6.45) is 1.73. The molecule has 4 rings (SSSR count). The number of anilines is 1. The Balaban J connectivity index is 1.60. The van der Waals surface area contributed by atoms with Gasteiger partial charge in [-0.2, -0.15) is 4.31 Å². The molecular weight excluding hydrogens is 516 g/mol. The highest BCUT2D eigenvalue weighted by Crippen LogP contribution is 2.32. The molecular formula is C26H33ClN4O3S2. The molecule has 1 saturated heterocycles. The van der Waals surface area contributed by atoms with Gasteiger partial charge in [-0.1, -0.05) is 43.7 Å². The van der Waals surface area contributed by atoms with Crippen LogP contribution in [0.5, 0.6) is 0 Å². The van der Waals surface area contributed by atoms with Gasteiger partial charge in [-0.3, -0.25) is 9.69 Å². The number of sulfonamides is 1. The molecule has 1 fully saturated rings. The largest absolute Gasteiger partial charge is 0.302 e. The number of hydrogen-bond acceptors (Lipinski definition) is 6. The lowest BCUT2D eigenvalue weighted by Gasteiger charge is -2.29. The van der Waals surface area contributed by atoms with Crippen LogP contribution in [0.4, 0.5) is 5.13 Å². The summed E-state index contributed by atoms with van der Waals surface area (Å²) in [5.74, 6) is 0.334. The van der Waals surface area contributed by atoms with Crippen molar-refractivity contribution in [1.29, 1.82) is 0 Å². The average molecular weight is 549 g/mol. The Kier molecular flexibility index (Phi) is 8.67. The third-order valence-corrected chi connectivity index (χ3v) is 10.0. The third kappa shape index (κ3) is 5.92. The van der Waals surface area contributed by atoms with E-state index in [0.717, 1.165) is 36.1 Å². The van der Waals surface area contributed by atoms with Crippen LogP contribution in [-0.4, -0.2) is 67.8 Å². The van der Waals surface area contributed by atoms with E-state index in [1.807, 2.05) is 12.1 Å². The first-order valence-electron chi connectivity index (χ1n) is 12.4. The zero-order valence-corrected chi connectivity index (χ0v) is 23.4. The SMILES string of the molecule is CCN(CC)CCN(C(=O)c1ccc(S(=O)(=O)N2CCC(C)CC2)cc1)c1nc2ccc(Cl)cc2s1. The molecule has 1 aliphatic heterocycles. The molecule has 1 aliphatic rings. The van der Waals surface area contributed by atoms with Crippen LogP contribution in [0.25, 0.3) is 10.2 Å². The Labute approximate surface area is 222 Å². The minimum absolute atomic E-state index is 0.206. The summed E-state index contributed by atoms with van der Waals surface area (Å²) >= 11 is 7.58. The monoisotopic (exact) mass is 548 g/mol. The van der Waals surface area contributed by atoms with Crippen molar-refractivity contribution in [1.82, 2.24) is 14.2 Å². The van der Waals surface area contributed by atoms with Gasteiger partial charge in [0.2, 0.25) is 10.0 Å². The molecule has 0 spiro atoms. The average Bonchev–Trinajstić information content (AvgIpc) is 3.29. The molecule has 3 aromatic rings. The number of fused-ring (bicyclic) bond motifs is 1. The minimum Gasteiger partial charge on any atom is -0.302 e. The predicted octanol–water partition coefficient (Wildman–Crippen LogP) is 5.36. The molecule has 10 heteroatoms. The third-order valence-electron chi connectivity index (χ3n) is 6.83. The van der Waals surface area contributed by atoms with E-state index >= 15 is 0 Å². The first kappa shape index (κ1) is 27.0. The van der Waals surface area contributed by atoms with Crippen molar-refractivity contribution in [3.63, 3.8) is 0 Å². The van der Waals surface area contributed by atoms with Crippen LogP contribution >= 0.6 is 22.9 Å². The standard InChI is InChI=1S/C26H33ClN4O3S2/c1-4-29(5-2)16-17-31(26-28-23-11-8-21(27)18-24(23)35-26)25(32)20-6-9-22(10-7-20)36(33,34)30-14-12-19(3)13-15-30/h6-11,18-19H,4-5,12-17H2,1-3H3.